The van der Waals surface area contributed by atoms with Crippen LogP contribution < -0.4 is 0 Å². The molecule has 17 heavy (non-hydrogen) atoms. The van der Waals surface area contributed by atoms with Crippen molar-refractivity contribution in [2.75, 3.05) is 0 Å². The first-order valence-electron chi connectivity index (χ1n) is 5.19. The first kappa shape index (κ1) is 14.5. The van der Waals surface area contributed by atoms with Gasteiger partial charge >= 0.3 is 5.97 Å². The van der Waals surface area contributed by atoms with Crippen molar-refractivity contribution < 1.29 is 9.63 Å². The summed E-state index contributed by atoms with van der Waals surface area (Å²) in [6.07, 6.45) is 0. The Hall–Kier alpha value is -0.580. The van der Waals surface area contributed by atoms with Gasteiger partial charge in [0.15, 0.2) is 0 Å². The Balaban J connectivity index is 2.53. The van der Waals surface area contributed by atoms with Gasteiger partial charge in [0, 0.05) is 5.02 Å². The van der Waals surface area contributed by atoms with Gasteiger partial charge in [-0.1, -0.05) is 27.8 Å². The maximum Gasteiger partial charge on any atom is 0.331 e. The Morgan fingerprint density at radius 1 is 1.35 bits per heavy atom. The van der Waals surface area contributed by atoms with Gasteiger partial charge < -0.3 is 4.84 Å². The Morgan fingerprint density at radius 2 is 1.88 bits per heavy atom. The van der Waals surface area contributed by atoms with Crippen molar-refractivity contribution in [1.82, 2.24) is 4.09 Å². The summed E-state index contributed by atoms with van der Waals surface area (Å²) >= 11 is 8.97. The fourth-order valence-corrected chi connectivity index (χ4v) is 1.54. The summed E-state index contributed by atoms with van der Waals surface area (Å²) in [6.45, 7) is 5.87. The third-order valence-electron chi connectivity index (χ3n) is 2.01. The van der Waals surface area contributed by atoms with Crippen LogP contribution in [0.4, 0.5) is 0 Å². The third-order valence-corrected chi connectivity index (χ3v) is 2.66. The lowest BCUT2D eigenvalue weighted by Gasteiger charge is -2.20. The van der Waals surface area contributed by atoms with Gasteiger partial charge in [0.1, 0.15) is 0 Å². The van der Waals surface area contributed by atoms with E-state index in [4.69, 9.17) is 16.4 Å². The average molecular weight is 321 g/mol. The highest BCUT2D eigenvalue weighted by molar-refractivity contribution is 9.07. The zero-order valence-electron chi connectivity index (χ0n) is 10.0. The fourth-order valence-electron chi connectivity index (χ4n) is 0.993. The Labute approximate surface area is 115 Å². The van der Waals surface area contributed by atoms with Crippen LogP contribution in [0.15, 0.2) is 24.3 Å². The van der Waals surface area contributed by atoms with E-state index in [1.165, 1.54) is 4.09 Å². The summed E-state index contributed by atoms with van der Waals surface area (Å²) in [5.74, 6) is -0.289. The smallest absolute Gasteiger partial charge is 0.331 e. The molecule has 5 heteroatoms. The van der Waals surface area contributed by atoms with Crippen molar-refractivity contribution in [1.29, 1.82) is 0 Å². The number of nitrogens with zero attached hydrogens (tertiary/aromatic N) is 1. The van der Waals surface area contributed by atoms with Crippen LogP contribution >= 0.6 is 27.7 Å². The molecule has 1 aromatic carbocycles. The number of carbonyl (C=O) groups excluding carboxylic acids is 1. The Bertz CT molecular complexity index is 386. The standard InChI is InChI=1S/C12H15BrClNO2/c1-12(2,3)11(16)17-15(13)8-9-4-6-10(14)7-5-9/h4-7H,8H2,1-3H3. The lowest BCUT2D eigenvalue weighted by Crippen LogP contribution is -2.28. The molecule has 0 spiro atoms. The van der Waals surface area contributed by atoms with E-state index in [0.717, 1.165) is 5.56 Å². The molecular weight excluding hydrogens is 305 g/mol. The van der Waals surface area contributed by atoms with Crippen LogP contribution in [0.5, 0.6) is 0 Å². The number of rotatable bonds is 3. The van der Waals surface area contributed by atoms with Gasteiger partial charge in [-0.05, 0) is 38.5 Å². The van der Waals surface area contributed by atoms with Gasteiger partial charge in [-0.25, -0.2) is 4.79 Å². The second-order valence-corrected chi connectivity index (χ2v) is 5.96. The van der Waals surface area contributed by atoms with Crippen LogP contribution in [0.1, 0.15) is 26.3 Å². The second kappa shape index (κ2) is 5.85. The number of hydroxylamine groups is 1. The first-order chi connectivity index (χ1) is 7.79. The minimum absolute atomic E-state index is 0.289. The van der Waals surface area contributed by atoms with Crippen LogP contribution in [0.3, 0.4) is 0 Å². The van der Waals surface area contributed by atoms with Crippen molar-refractivity contribution in [3.63, 3.8) is 0 Å². The molecule has 1 rings (SSSR count). The molecule has 0 radical (unpaired) electrons. The van der Waals surface area contributed by atoms with Gasteiger partial charge in [-0.15, -0.1) is 0 Å². The first-order valence-corrected chi connectivity index (χ1v) is 6.28. The number of carbonyl (C=O) groups is 1. The molecule has 0 aliphatic carbocycles. The molecule has 0 amide bonds. The number of hydrogen-bond acceptors (Lipinski definition) is 3. The topological polar surface area (TPSA) is 29.5 Å². The number of hydrogen-bond donors (Lipinski definition) is 0. The maximum atomic E-state index is 11.6. The van der Waals surface area contributed by atoms with E-state index >= 15 is 0 Å². The van der Waals surface area contributed by atoms with Crippen molar-refractivity contribution in [3.05, 3.63) is 34.9 Å². The molecule has 0 fully saturated rings. The molecule has 0 saturated heterocycles. The SMILES string of the molecule is CC(C)(C)C(=O)ON(Br)Cc1ccc(Cl)cc1. The summed E-state index contributed by atoms with van der Waals surface area (Å²) in [5.41, 5.74) is 0.472. The number of benzene rings is 1. The van der Waals surface area contributed by atoms with Crippen molar-refractivity contribution in [2.45, 2.75) is 27.3 Å². The van der Waals surface area contributed by atoms with E-state index < -0.39 is 5.41 Å². The lowest BCUT2D eigenvalue weighted by molar-refractivity contribution is -0.177. The van der Waals surface area contributed by atoms with Crippen LogP contribution in [-0.2, 0) is 16.2 Å². The normalized spacial score (nSPS) is 11.6. The molecule has 0 unspecified atom stereocenters. The van der Waals surface area contributed by atoms with Gasteiger partial charge in [0.05, 0.1) is 28.1 Å². The molecule has 1 aromatic rings. The van der Waals surface area contributed by atoms with Gasteiger partial charge in [-0.3, -0.25) is 0 Å². The molecule has 3 nitrogen and oxygen atoms in total. The van der Waals surface area contributed by atoms with E-state index in [9.17, 15) is 4.79 Å². The van der Waals surface area contributed by atoms with Crippen molar-refractivity contribution in [2.24, 2.45) is 5.41 Å². The molecular formula is C12H15BrClNO2. The summed E-state index contributed by atoms with van der Waals surface area (Å²) in [7, 11) is 0. The van der Waals surface area contributed by atoms with Crippen LogP contribution in [-0.4, -0.2) is 10.1 Å². The molecule has 94 valence electrons. The van der Waals surface area contributed by atoms with Crippen LogP contribution in [0, 0.1) is 5.41 Å². The predicted octanol–water partition coefficient (Wildman–Crippen LogP) is 3.96. The second-order valence-electron chi connectivity index (χ2n) is 4.73. The highest BCUT2D eigenvalue weighted by Gasteiger charge is 2.25. The van der Waals surface area contributed by atoms with E-state index in [-0.39, 0.29) is 5.97 Å². The largest absolute Gasteiger partial charge is 0.356 e. The lowest BCUT2D eigenvalue weighted by atomic mass is 9.98. The molecule has 0 heterocycles. The monoisotopic (exact) mass is 319 g/mol. The molecule has 0 atom stereocenters. The van der Waals surface area contributed by atoms with Crippen LogP contribution in [0.2, 0.25) is 5.02 Å². The Kier molecular flexibility index (Phi) is 4.98. The molecule has 0 aromatic heterocycles. The van der Waals surface area contributed by atoms with Gasteiger partial charge in [0.25, 0.3) is 0 Å². The molecule has 0 bridgehead atoms. The summed E-state index contributed by atoms with van der Waals surface area (Å²) < 4.78 is 1.34. The van der Waals surface area contributed by atoms with E-state index in [2.05, 4.69) is 16.1 Å². The minimum atomic E-state index is -0.522. The molecule has 0 N–H and O–H groups in total. The molecule has 0 aliphatic heterocycles. The maximum absolute atomic E-state index is 11.6. The van der Waals surface area contributed by atoms with Crippen molar-refractivity contribution in [3.8, 4) is 0 Å². The molecule has 0 aliphatic rings. The quantitative estimate of drug-likeness (QED) is 0.624. The zero-order chi connectivity index (χ0) is 13.1. The summed E-state index contributed by atoms with van der Waals surface area (Å²) in [6, 6.07) is 7.34. The van der Waals surface area contributed by atoms with E-state index in [1.54, 1.807) is 32.9 Å². The van der Waals surface area contributed by atoms with E-state index in [1.807, 2.05) is 12.1 Å². The van der Waals surface area contributed by atoms with Crippen molar-refractivity contribution >= 4 is 33.7 Å². The van der Waals surface area contributed by atoms with E-state index in [0.29, 0.717) is 11.6 Å². The van der Waals surface area contributed by atoms with Gasteiger partial charge in [0.2, 0.25) is 0 Å². The minimum Gasteiger partial charge on any atom is -0.356 e. The highest BCUT2D eigenvalue weighted by atomic mass is 79.9. The predicted molar refractivity (Wildman–Crippen MR) is 71.5 cm³/mol. The molecule has 0 saturated carbocycles. The highest BCUT2D eigenvalue weighted by Crippen LogP contribution is 2.19. The zero-order valence-corrected chi connectivity index (χ0v) is 12.4. The number of halogens is 2. The Morgan fingerprint density at radius 3 is 2.35 bits per heavy atom. The summed E-state index contributed by atoms with van der Waals surface area (Å²) in [4.78, 5) is 16.7. The average Bonchev–Trinajstić information content (AvgIpc) is 2.20. The van der Waals surface area contributed by atoms with Gasteiger partial charge in [-0.2, -0.15) is 0 Å². The third kappa shape index (κ3) is 5.06. The fraction of sp³-hybridized carbons (Fsp3) is 0.417. The van der Waals surface area contributed by atoms with Crippen LogP contribution in [0.25, 0.3) is 0 Å². The summed E-state index contributed by atoms with van der Waals surface area (Å²) in [5, 5.41) is 0.682.